The third-order valence-electron chi connectivity index (χ3n) is 1.97. The second-order valence-electron chi connectivity index (χ2n) is 2.76. The Kier molecular flexibility index (Phi) is 3.05. The predicted octanol–water partition coefficient (Wildman–Crippen LogP) is -0.364. The summed E-state index contributed by atoms with van der Waals surface area (Å²) in [7, 11) is 1.31. The van der Waals surface area contributed by atoms with Crippen LogP contribution < -0.4 is 0 Å². The molecule has 1 rings (SSSR count). The molecule has 0 aromatic heterocycles. The molecule has 1 saturated heterocycles. The van der Waals surface area contributed by atoms with Gasteiger partial charge >= 0.3 is 5.97 Å². The fourth-order valence-corrected chi connectivity index (χ4v) is 1.35. The van der Waals surface area contributed by atoms with Crippen molar-refractivity contribution in [2.75, 3.05) is 13.7 Å². The average Bonchev–Trinajstić information content (AvgIpc) is 2.45. The van der Waals surface area contributed by atoms with Gasteiger partial charge in [-0.1, -0.05) is 0 Å². The number of esters is 1. The van der Waals surface area contributed by atoms with Crippen LogP contribution in [-0.2, 0) is 14.3 Å². The minimum Gasteiger partial charge on any atom is -0.469 e. The van der Waals surface area contributed by atoms with E-state index in [9.17, 15) is 4.79 Å². The summed E-state index contributed by atoms with van der Waals surface area (Å²) < 4.78 is 9.60. The number of aliphatic hydroxyl groups excluding tert-OH is 1. The van der Waals surface area contributed by atoms with Gasteiger partial charge in [0, 0.05) is 0 Å². The predicted molar refractivity (Wildman–Crippen MR) is 40.2 cm³/mol. The molecule has 4 heteroatoms. The van der Waals surface area contributed by atoms with Crippen LogP contribution in [0.2, 0.25) is 0 Å². The zero-order chi connectivity index (χ0) is 9.14. The van der Waals surface area contributed by atoms with Gasteiger partial charge in [0.2, 0.25) is 0 Å². The minimum atomic E-state index is -0.507. The van der Waals surface area contributed by atoms with E-state index in [1.54, 1.807) is 0 Å². The summed E-state index contributed by atoms with van der Waals surface area (Å²) in [6.45, 7) is 5.24. The molecule has 1 fully saturated rings. The molecule has 0 saturated carbocycles. The lowest BCUT2D eigenvalue weighted by molar-refractivity contribution is -0.148. The van der Waals surface area contributed by atoms with E-state index in [0.717, 1.165) is 0 Å². The van der Waals surface area contributed by atoms with Gasteiger partial charge in [-0.15, -0.1) is 0 Å². The molecule has 0 aromatic rings. The monoisotopic (exact) mass is 172 g/mol. The molecule has 2 radical (unpaired) electrons. The highest BCUT2D eigenvalue weighted by Crippen LogP contribution is 2.26. The van der Waals surface area contributed by atoms with E-state index in [1.807, 2.05) is 0 Å². The lowest BCUT2D eigenvalue weighted by Gasteiger charge is -2.12. The van der Waals surface area contributed by atoms with Gasteiger partial charge in [-0.2, -0.15) is 0 Å². The topological polar surface area (TPSA) is 55.8 Å². The van der Waals surface area contributed by atoms with Crippen molar-refractivity contribution in [3.05, 3.63) is 6.92 Å². The minimum absolute atomic E-state index is 0.201. The molecule has 68 valence electrons. The highest BCUT2D eigenvalue weighted by molar-refractivity contribution is 5.73. The van der Waals surface area contributed by atoms with Crippen LogP contribution in [0.15, 0.2) is 0 Å². The van der Waals surface area contributed by atoms with Gasteiger partial charge < -0.3 is 14.6 Å². The Hall–Kier alpha value is -0.610. The first-order valence-corrected chi connectivity index (χ1v) is 3.78. The van der Waals surface area contributed by atoms with Gasteiger partial charge in [0.05, 0.1) is 31.8 Å². The summed E-state index contributed by atoms with van der Waals surface area (Å²) >= 11 is 0. The molecule has 0 aromatic carbocycles. The number of rotatable bonds is 2. The van der Waals surface area contributed by atoms with E-state index in [2.05, 4.69) is 4.74 Å². The van der Waals surface area contributed by atoms with Crippen molar-refractivity contribution in [2.45, 2.75) is 18.6 Å². The van der Waals surface area contributed by atoms with E-state index >= 15 is 0 Å². The van der Waals surface area contributed by atoms with Gasteiger partial charge in [-0.05, 0) is 13.3 Å². The van der Waals surface area contributed by atoms with Crippen molar-refractivity contribution < 1.29 is 19.4 Å². The molecule has 0 amide bonds. The number of methoxy groups -OCH3 is 1. The second kappa shape index (κ2) is 3.87. The molecule has 0 aliphatic carbocycles. The zero-order valence-electron chi connectivity index (χ0n) is 6.90. The lowest BCUT2D eigenvalue weighted by Crippen LogP contribution is -2.28. The Labute approximate surface area is 71.5 Å². The Bertz CT molecular complexity index is 168. The van der Waals surface area contributed by atoms with E-state index in [1.165, 1.54) is 7.11 Å². The number of hydrogen-bond acceptors (Lipinski definition) is 4. The summed E-state index contributed by atoms with van der Waals surface area (Å²) in [5.41, 5.74) is 0. The number of carbonyl (C=O) groups excluding carboxylic acids is 1. The van der Waals surface area contributed by atoms with E-state index < -0.39 is 18.1 Å². The lowest BCUT2D eigenvalue weighted by atomic mass is 10.0. The molecular formula is C8H12O4. The smallest absolute Gasteiger partial charge is 0.311 e. The summed E-state index contributed by atoms with van der Waals surface area (Å²) in [4.78, 5) is 11.1. The number of aliphatic hydroxyl groups is 1. The molecule has 0 unspecified atom stereocenters. The van der Waals surface area contributed by atoms with Gasteiger partial charge in [0.15, 0.2) is 0 Å². The van der Waals surface area contributed by atoms with Crippen LogP contribution in [0.5, 0.6) is 0 Å². The molecule has 1 N–H and O–H groups in total. The standard InChI is InChI=1S/C8H12O4/c1-5-3-6(8(10)11-2)7(4-9)12-5/h1,5-7,9H,3-4H2,2H3/t5-,6+,7+/m0/s1. The summed E-state index contributed by atoms with van der Waals surface area (Å²) in [6.07, 6.45) is -0.559. The maximum atomic E-state index is 11.1. The number of ether oxygens (including phenoxy) is 2. The first-order valence-electron chi connectivity index (χ1n) is 3.78. The molecule has 4 nitrogen and oxygen atoms in total. The fourth-order valence-electron chi connectivity index (χ4n) is 1.35. The molecule has 1 aliphatic heterocycles. The molecule has 0 bridgehead atoms. The largest absolute Gasteiger partial charge is 0.469 e. The quantitative estimate of drug-likeness (QED) is 0.578. The SMILES string of the molecule is [CH][C@H]1C[C@@H](C(=O)OC)[C@@H](CO)O1. The maximum absolute atomic E-state index is 11.1. The summed E-state index contributed by atoms with van der Waals surface area (Å²) in [6, 6.07) is 0. The Morgan fingerprint density at radius 3 is 3.00 bits per heavy atom. The highest BCUT2D eigenvalue weighted by atomic mass is 16.5. The third-order valence-corrected chi connectivity index (χ3v) is 1.97. The van der Waals surface area contributed by atoms with Crippen LogP contribution in [0.25, 0.3) is 0 Å². The van der Waals surface area contributed by atoms with Crippen LogP contribution >= 0.6 is 0 Å². The molecule has 1 heterocycles. The van der Waals surface area contributed by atoms with Gasteiger partial charge in [0.1, 0.15) is 0 Å². The van der Waals surface area contributed by atoms with Crippen LogP contribution in [0.4, 0.5) is 0 Å². The van der Waals surface area contributed by atoms with E-state index in [4.69, 9.17) is 16.8 Å². The molecule has 0 spiro atoms. The Morgan fingerprint density at radius 1 is 1.83 bits per heavy atom. The first kappa shape index (κ1) is 9.48. The Balaban J connectivity index is 2.57. The molecule has 12 heavy (non-hydrogen) atoms. The van der Waals surface area contributed by atoms with Gasteiger partial charge in [-0.3, -0.25) is 4.79 Å². The number of hydrogen-bond donors (Lipinski definition) is 1. The molecule has 3 atom stereocenters. The average molecular weight is 172 g/mol. The van der Waals surface area contributed by atoms with Crippen molar-refractivity contribution in [3.8, 4) is 0 Å². The summed E-state index contributed by atoms with van der Waals surface area (Å²) in [5.74, 6) is -0.794. The molecule has 1 aliphatic rings. The maximum Gasteiger partial charge on any atom is 0.311 e. The normalized spacial score (nSPS) is 35.1. The van der Waals surface area contributed by atoms with E-state index in [-0.39, 0.29) is 12.6 Å². The first-order chi connectivity index (χ1) is 5.69. The van der Waals surface area contributed by atoms with Crippen LogP contribution in [0.3, 0.4) is 0 Å². The van der Waals surface area contributed by atoms with Crippen LogP contribution in [0, 0.1) is 12.8 Å². The summed E-state index contributed by atoms with van der Waals surface area (Å²) in [5, 5.41) is 8.81. The number of carbonyl (C=O) groups is 1. The highest BCUT2D eigenvalue weighted by Gasteiger charge is 2.38. The van der Waals surface area contributed by atoms with Crippen LogP contribution in [0.1, 0.15) is 6.42 Å². The van der Waals surface area contributed by atoms with E-state index in [0.29, 0.717) is 6.42 Å². The van der Waals surface area contributed by atoms with Gasteiger partial charge in [0.25, 0.3) is 0 Å². The zero-order valence-corrected chi connectivity index (χ0v) is 6.90. The second-order valence-corrected chi connectivity index (χ2v) is 2.76. The molecular weight excluding hydrogens is 160 g/mol. The van der Waals surface area contributed by atoms with Crippen molar-refractivity contribution in [1.82, 2.24) is 0 Å². The van der Waals surface area contributed by atoms with Crippen molar-refractivity contribution in [2.24, 2.45) is 5.92 Å². The van der Waals surface area contributed by atoms with Crippen molar-refractivity contribution in [1.29, 1.82) is 0 Å². The van der Waals surface area contributed by atoms with Crippen molar-refractivity contribution in [3.63, 3.8) is 0 Å². The van der Waals surface area contributed by atoms with Crippen LogP contribution in [-0.4, -0.2) is 37.0 Å². The third kappa shape index (κ3) is 1.76. The Morgan fingerprint density at radius 2 is 2.50 bits per heavy atom. The fraction of sp³-hybridized carbons (Fsp3) is 0.750. The van der Waals surface area contributed by atoms with Crippen molar-refractivity contribution >= 4 is 5.97 Å². The van der Waals surface area contributed by atoms with Gasteiger partial charge in [-0.25, -0.2) is 0 Å².